The topological polar surface area (TPSA) is 69.6 Å². The van der Waals surface area contributed by atoms with E-state index in [1.807, 2.05) is 0 Å². The van der Waals surface area contributed by atoms with E-state index in [9.17, 15) is 8.78 Å². The third kappa shape index (κ3) is 2.67. The van der Waals surface area contributed by atoms with E-state index in [-0.39, 0.29) is 23.1 Å². The maximum absolute atomic E-state index is 13.8. The number of benzene rings is 2. The van der Waals surface area contributed by atoms with Crippen LogP contribution in [0.25, 0.3) is 28.7 Å². The number of nitrogens with zero attached hydrogens (tertiary/aromatic N) is 5. The van der Waals surface area contributed by atoms with Gasteiger partial charge in [-0.3, -0.25) is 0 Å². The molecule has 2 aromatic carbocycles. The molecule has 0 atom stereocenters. The molecule has 124 valence electrons. The Labute approximate surface area is 140 Å². The Morgan fingerprint density at radius 1 is 1.00 bits per heavy atom. The second kappa shape index (κ2) is 5.90. The van der Waals surface area contributed by atoms with E-state index < -0.39 is 5.82 Å². The number of hydrogen-bond donors (Lipinski definition) is 0. The summed E-state index contributed by atoms with van der Waals surface area (Å²) in [5.41, 5.74) is 1.91. The highest BCUT2D eigenvalue weighted by atomic mass is 19.1. The van der Waals surface area contributed by atoms with Crippen molar-refractivity contribution in [3.63, 3.8) is 0 Å². The van der Waals surface area contributed by atoms with Gasteiger partial charge in [-0.05, 0) is 43.3 Å². The normalized spacial score (nSPS) is 11.0. The molecule has 0 fully saturated rings. The molecule has 0 aliphatic carbocycles. The summed E-state index contributed by atoms with van der Waals surface area (Å²) < 4.78 is 33.6. The Hall–Kier alpha value is -3.42. The van der Waals surface area contributed by atoms with Crippen molar-refractivity contribution < 1.29 is 13.3 Å². The summed E-state index contributed by atoms with van der Waals surface area (Å²) in [5, 5.41) is 12.0. The zero-order valence-electron chi connectivity index (χ0n) is 13.0. The van der Waals surface area contributed by atoms with Crippen molar-refractivity contribution in [2.45, 2.75) is 6.92 Å². The van der Waals surface area contributed by atoms with Crippen molar-refractivity contribution in [3.8, 4) is 28.7 Å². The maximum atomic E-state index is 13.8. The van der Waals surface area contributed by atoms with Crippen LogP contribution in [0.4, 0.5) is 8.78 Å². The van der Waals surface area contributed by atoms with Gasteiger partial charge in [0.15, 0.2) is 5.69 Å². The molecule has 2 heterocycles. The van der Waals surface area contributed by atoms with Gasteiger partial charge in [-0.25, -0.2) is 13.5 Å². The first-order chi connectivity index (χ1) is 12.1. The molecule has 0 bridgehead atoms. The Balaban J connectivity index is 1.72. The molecule has 4 aromatic rings. The van der Waals surface area contributed by atoms with Gasteiger partial charge < -0.3 is 4.52 Å². The average molecular weight is 339 g/mol. The van der Waals surface area contributed by atoms with E-state index >= 15 is 0 Å². The summed E-state index contributed by atoms with van der Waals surface area (Å²) in [4.78, 5) is 4.20. The molecule has 0 saturated carbocycles. The van der Waals surface area contributed by atoms with Crippen molar-refractivity contribution >= 4 is 0 Å². The quantitative estimate of drug-likeness (QED) is 0.571. The monoisotopic (exact) mass is 339 g/mol. The van der Waals surface area contributed by atoms with Crippen LogP contribution in [0, 0.1) is 18.6 Å². The molecule has 0 aliphatic rings. The lowest BCUT2D eigenvalue weighted by Crippen LogP contribution is -1.99. The summed E-state index contributed by atoms with van der Waals surface area (Å²) in [6, 6.07) is 12.0. The molecule has 0 unspecified atom stereocenters. The zero-order valence-corrected chi connectivity index (χ0v) is 13.0. The predicted octanol–water partition coefficient (Wildman–Crippen LogP) is 3.57. The Kier molecular flexibility index (Phi) is 3.57. The first-order valence-electron chi connectivity index (χ1n) is 7.41. The van der Waals surface area contributed by atoms with Gasteiger partial charge in [0.2, 0.25) is 5.82 Å². The third-order valence-electron chi connectivity index (χ3n) is 3.71. The molecule has 0 N–H and O–H groups in total. The molecular weight excluding hydrogens is 328 g/mol. The van der Waals surface area contributed by atoms with Gasteiger partial charge in [0.1, 0.15) is 11.6 Å². The molecule has 0 aliphatic heterocycles. The smallest absolute Gasteiger partial charge is 0.261 e. The minimum atomic E-state index is -0.454. The van der Waals surface area contributed by atoms with E-state index in [0.717, 1.165) is 0 Å². The van der Waals surface area contributed by atoms with Crippen molar-refractivity contribution in [1.82, 2.24) is 25.1 Å². The largest absolute Gasteiger partial charge is 0.333 e. The van der Waals surface area contributed by atoms with Crippen molar-refractivity contribution in [2.24, 2.45) is 0 Å². The second-order valence-corrected chi connectivity index (χ2v) is 5.31. The highest BCUT2D eigenvalue weighted by Gasteiger charge is 2.19. The number of aromatic nitrogens is 5. The highest BCUT2D eigenvalue weighted by Crippen LogP contribution is 2.25. The maximum Gasteiger partial charge on any atom is 0.261 e. The molecule has 0 amide bonds. The van der Waals surface area contributed by atoms with Crippen LogP contribution in [-0.4, -0.2) is 25.1 Å². The molecule has 8 heteroatoms. The van der Waals surface area contributed by atoms with Crippen molar-refractivity contribution in [3.05, 3.63) is 65.9 Å². The first kappa shape index (κ1) is 15.1. The van der Waals surface area contributed by atoms with Gasteiger partial charge in [-0.15, -0.1) is 5.10 Å². The summed E-state index contributed by atoms with van der Waals surface area (Å²) in [5.74, 6) is -0.535. The molecule has 0 radical (unpaired) electrons. The van der Waals surface area contributed by atoms with Crippen LogP contribution in [0.15, 0.2) is 53.1 Å². The van der Waals surface area contributed by atoms with E-state index in [2.05, 4.69) is 20.5 Å². The zero-order chi connectivity index (χ0) is 17.4. The van der Waals surface area contributed by atoms with Gasteiger partial charge in [-0.2, -0.15) is 4.98 Å². The van der Waals surface area contributed by atoms with Gasteiger partial charge in [0.05, 0.1) is 16.9 Å². The van der Waals surface area contributed by atoms with E-state index in [1.165, 1.54) is 22.9 Å². The van der Waals surface area contributed by atoms with Crippen LogP contribution in [0.3, 0.4) is 0 Å². The van der Waals surface area contributed by atoms with Crippen LogP contribution < -0.4 is 0 Å². The van der Waals surface area contributed by atoms with Crippen molar-refractivity contribution in [1.29, 1.82) is 0 Å². The number of halogens is 2. The van der Waals surface area contributed by atoms with Crippen LogP contribution >= 0.6 is 0 Å². The minimum absolute atomic E-state index is 0.0591. The fourth-order valence-electron chi connectivity index (χ4n) is 2.43. The number of hydrogen-bond acceptors (Lipinski definition) is 5. The van der Waals surface area contributed by atoms with Crippen LogP contribution in [0.5, 0.6) is 0 Å². The highest BCUT2D eigenvalue weighted by molar-refractivity contribution is 5.59. The molecule has 6 nitrogen and oxygen atoms in total. The lowest BCUT2D eigenvalue weighted by atomic mass is 10.2. The fraction of sp³-hybridized carbons (Fsp3) is 0.0588. The number of rotatable bonds is 3. The van der Waals surface area contributed by atoms with Crippen LogP contribution in [0.2, 0.25) is 0 Å². The molecular formula is C17H11F2N5O. The standard InChI is InChI=1S/C17H11F2N5O/c1-10-15(21-23-24(10)12-8-6-11(18)7-9-12)16-20-17(25-22-16)13-4-2-3-5-14(13)19/h2-9H,1H3. The van der Waals surface area contributed by atoms with Gasteiger partial charge in [0, 0.05) is 0 Å². The van der Waals surface area contributed by atoms with Gasteiger partial charge >= 0.3 is 0 Å². The van der Waals surface area contributed by atoms with Gasteiger partial charge in [0.25, 0.3) is 5.89 Å². The lowest BCUT2D eigenvalue weighted by Gasteiger charge is -2.02. The van der Waals surface area contributed by atoms with Crippen molar-refractivity contribution in [2.75, 3.05) is 0 Å². The molecule has 2 aromatic heterocycles. The summed E-state index contributed by atoms with van der Waals surface area (Å²) in [7, 11) is 0. The summed E-state index contributed by atoms with van der Waals surface area (Å²) in [6.45, 7) is 1.78. The first-order valence-corrected chi connectivity index (χ1v) is 7.41. The van der Waals surface area contributed by atoms with E-state index in [1.54, 1.807) is 37.3 Å². The second-order valence-electron chi connectivity index (χ2n) is 5.31. The predicted molar refractivity (Wildman–Crippen MR) is 84.7 cm³/mol. The molecule has 0 saturated heterocycles. The SMILES string of the molecule is Cc1c(-c2noc(-c3ccccc3F)n2)nnn1-c1ccc(F)cc1. The third-order valence-corrected chi connectivity index (χ3v) is 3.71. The summed E-state index contributed by atoms with van der Waals surface area (Å²) >= 11 is 0. The Morgan fingerprint density at radius 2 is 1.76 bits per heavy atom. The van der Waals surface area contributed by atoms with E-state index in [0.29, 0.717) is 17.1 Å². The molecule has 4 rings (SSSR count). The van der Waals surface area contributed by atoms with Crippen LogP contribution in [0.1, 0.15) is 5.69 Å². The van der Waals surface area contributed by atoms with Crippen LogP contribution in [-0.2, 0) is 0 Å². The Bertz CT molecular complexity index is 1040. The molecule has 25 heavy (non-hydrogen) atoms. The fourth-order valence-corrected chi connectivity index (χ4v) is 2.43. The average Bonchev–Trinajstić information content (AvgIpc) is 3.23. The minimum Gasteiger partial charge on any atom is -0.333 e. The summed E-state index contributed by atoms with van der Waals surface area (Å²) in [6.07, 6.45) is 0. The molecule has 0 spiro atoms. The Morgan fingerprint density at radius 3 is 2.52 bits per heavy atom. The lowest BCUT2D eigenvalue weighted by molar-refractivity contribution is 0.429. The van der Waals surface area contributed by atoms with Gasteiger partial charge in [-0.1, -0.05) is 22.5 Å². The van der Waals surface area contributed by atoms with E-state index in [4.69, 9.17) is 4.52 Å².